The van der Waals surface area contributed by atoms with E-state index in [1.165, 1.54) is 0 Å². The van der Waals surface area contributed by atoms with Gasteiger partial charge >= 0.3 is 0 Å². The highest BCUT2D eigenvalue weighted by atomic mass is 16.5. The van der Waals surface area contributed by atoms with E-state index in [4.69, 9.17) is 14.5 Å². The van der Waals surface area contributed by atoms with E-state index in [-0.39, 0.29) is 6.17 Å². The van der Waals surface area contributed by atoms with Crippen molar-refractivity contribution in [2.45, 2.75) is 6.17 Å². The number of benzene rings is 2. The van der Waals surface area contributed by atoms with Gasteiger partial charge in [0.15, 0.2) is 11.5 Å². The number of hydrogen-bond donors (Lipinski definition) is 2. The van der Waals surface area contributed by atoms with Gasteiger partial charge in [-0.25, -0.2) is 0 Å². The van der Waals surface area contributed by atoms with Crippen LogP contribution in [-0.2, 0) is 0 Å². The van der Waals surface area contributed by atoms with Gasteiger partial charge in [-0.15, -0.1) is 0 Å². The highest BCUT2D eigenvalue weighted by molar-refractivity contribution is 6.16. The van der Waals surface area contributed by atoms with E-state index in [0.29, 0.717) is 23.6 Å². The number of aliphatic imine (C=N–C) groups is 1. The first-order chi connectivity index (χ1) is 12.2. The van der Waals surface area contributed by atoms with E-state index in [0.717, 1.165) is 22.5 Å². The highest BCUT2D eigenvalue weighted by Crippen LogP contribution is 2.35. The van der Waals surface area contributed by atoms with Crippen LogP contribution >= 0.6 is 0 Å². The van der Waals surface area contributed by atoms with Crippen molar-refractivity contribution in [3.8, 4) is 17.6 Å². The third-order valence-electron chi connectivity index (χ3n) is 4.15. The maximum Gasteiger partial charge on any atom is 0.162 e. The quantitative estimate of drug-likeness (QED) is 0.896. The molecule has 1 unspecified atom stereocenters. The van der Waals surface area contributed by atoms with Crippen molar-refractivity contribution in [3.63, 3.8) is 0 Å². The molecule has 1 aliphatic heterocycles. The lowest BCUT2D eigenvalue weighted by Crippen LogP contribution is -2.35. The van der Waals surface area contributed by atoms with Crippen molar-refractivity contribution in [2.75, 3.05) is 33.1 Å². The Balaban J connectivity index is 2.19. The fraction of sp³-hybridized carbons (Fsp3) is 0.263. The summed E-state index contributed by atoms with van der Waals surface area (Å²) in [6.45, 7) is 0.557. The molecule has 2 aromatic rings. The summed E-state index contributed by atoms with van der Waals surface area (Å²) >= 11 is 0. The fourth-order valence-electron chi connectivity index (χ4n) is 2.84. The lowest BCUT2D eigenvalue weighted by atomic mass is 9.98. The molecular formula is C19H20N4O2. The van der Waals surface area contributed by atoms with Crippen LogP contribution in [0.15, 0.2) is 41.4 Å². The van der Waals surface area contributed by atoms with Crippen molar-refractivity contribution >= 4 is 11.4 Å². The number of nitrogens with zero attached hydrogens (tertiary/aromatic N) is 2. The summed E-state index contributed by atoms with van der Waals surface area (Å²) in [4.78, 5) is 4.78. The largest absolute Gasteiger partial charge is 0.493 e. The number of methoxy groups -OCH3 is 2. The van der Waals surface area contributed by atoms with Gasteiger partial charge in [-0.1, -0.05) is 12.1 Å². The minimum Gasteiger partial charge on any atom is -0.493 e. The van der Waals surface area contributed by atoms with Crippen molar-refractivity contribution in [2.24, 2.45) is 4.99 Å². The Morgan fingerprint density at radius 3 is 2.64 bits per heavy atom. The monoisotopic (exact) mass is 336 g/mol. The first-order valence-electron chi connectivity index (χ1n) is 7.95. The lowest BCUT2D eigenvalue weighted by molar-refractivity contribution is 0.355. The zero-order chi connectivity index (χ0) is 17.8. The smallest absolute Gasteiger partial charge is 0.162 e. The van der Waals surface area contributed by atoms with Gasteiger partial charge in [-0.3, -0.25) is 10.3 Å². The molecule has 0 saturated carbocycles. The molecule has 128 valence electrons. The van der Waals surface area contributed by atoms with Crippen molar-refractivity contribution in [1.29, 1.82) is 5.26 Å². The molecule has 6 nitrogen and oxygen atoms in total. The number of benzodiazepines with no additional fused rings is 1. The molecule has 0 spiro atoms. The Morgan fingerprint density at radius 2 is 1.96 bits per heavy atom. The minimum atomic E-state index is -0.00602. The summed E-state index contributed by atoms with van der Waals surface area (Å²) in [5.41, 5.74) is 4.12. The molecule has 0 bridgehead atoms. The Hall–Kier alpha value is -3.04. The standard InChI is InChI=1S/C19H20N4O2/c1-21-18-11-22-19(13-6-4-5-12(7-13)10-20)14-8-16(24-2)17(25-3)9-15(14)23-18/h4-9,18,21,23H,11H2,1-3H3. The van der Waals surface area contributed by atoms with Crippen molar-refractivity contribution in [3.05, 3.63) is 53.1 Å². The molecule has 2 aromatic carbocycles. The summed E-state index contributed by atoms with van der Waals surface area (Å²) in [5, 5.41) is 15.8. The zero-order valence-corrected chi connectivity index (χ0v) is 14.5. The van der Waals surface area contributed by atoms with Gasteiger partial charge in [0.25, 0.3) is 0 Å². The second-order valence-electron chi connectivity index (χ2n) is 5.62. The summed E-state index contributed by atoms with van der Waals surface area (Å²) in [6.07, 6.45) is -0.00602. The maximum absolute atomic E-state index is 9.19. The predicted octanol–water partition coefficient (Wildman–Crippen LogP) is 2.38. The van der Waals surface area contributed by atoms with Crippen LogP contribution < -0.4 is 20.1 Å². The molecule has 0 saturated heterocycles. The molecule has 6 heteroatoms. The van der Waals surface area contributed by atoms with Gasteiger partial charge in [-0.05, 0) is 25.2 Å². The zero-order valence-electron chi connectivity index (χ0n) is 14.5. The number of rotatable bonds is 4. The van der Waals surface area contributed by atoms with Crippen LogP contribution in [0.25, 0.3) is 0 Å². The number of nitrogens with one attached hydrogen (secondary N) is 2. The van der Waals surface area contributed by atoms with E-state index in [2.05, 4.69) is 16.7 Å². The molecule has 3 rings (SSSR count). The topological polar surface area (TPSA) is 78.7 Å². The van der Waals surface area contributed by atoms with Crippen LogP contribution in [0.4, 0.5) is 5.69 Å². The maximum atomic E-state index is 9.19. The molecule has 0 aliphatic carbocycles. The van der Waals surface area contributed by atoms with Crippen molar-refractivity contribution in [1.82, 2.24) is 5.32 Å². The van der Waals surface area contributed by atoms with Crippen LogP contribution in [-0.4, -0.2) is 39.7 Å². The van der Waals surface area contributed by atoms with Crippen LogP contribution in [0, 0.1) is 11.3 Å². The third kappa shape index (κ3) is 3.28. The Labute approximate surface area is 147 Å². The molecule has 1 aliphatic rings. The van der Waals surface area contributed by atoms with E-state index in [1.807, 2.05) is 37.4 Å². The minimum absolute atomic E-state index is 0.00602. The van der Waals surface area contributed by atoms with Crippen LogP contribution in [0.1, 0.15) is 16.7 Å². The molecule has 1 atom stereocenters. The van der Waals surface area contributed by atoms with Crippen LogP contribution in [0.2, 0.25) is 0 Å². The number of fused-ring (bicyclic) bond motifs is 1. The average Bonchev–Trinajstić information content (AvgIpc) is 2.85. The number of ether oxygens (including phenoxy) is 2. The van der Waals surface area contributed by atoms with E-state index >= 15 is 0 Å². The van der Waals surface area contributed by atoms with Gasteiger partial charge in [0.1, 0.15) is 0 Å². The van der Waals surface area contributed by atoms with Gasteiger partial charge < -0.3 is 14.8 Å². The normalized spacial score (nSPS) is 15.9. The molecule has 25 heavy (non-hydrogen) atoms. The molecule has 0 fully saturated rings. The van der Waals surface area contributed by atoms with Crippen LogP contribution in [0.5, 0.6) is 11.5 Å². The number of hydrogen-bond acceptors (Lipinski definition) is 6. The second-order valence-corrected chi connectivity index (χ2v) is 5.62. The fourth-order valence-corrected chi connectivity index (χ4v) is 2.84. The summed E-state index contributed by atoms with van der Waals surface area (Å²) in [7, 11) is 5.11. The molecule has 0 amide bonds. The van der Waals surface area contributed by atoms with Crippen molar-refractivity contribution < 1.29 is 9.47 Å². The van der Waals surface area contributed by atoms with Gasteiger partial charge in [-0.2, -0.15) is 5.26 Å². The van der Waals surface area contributed by atoms with Gasteiger partial charge in [0, 0.05) is 22.9 Å². The van der Waals surface area contributed by atoms with E-state index in [9.17, 15) is 5.26 Å². The first kappa shape index (κ1) is 16.8. The summed E-state index contributed by atoms with van der Waals surface area (Å²) < 4.78 is 10.9. The lowest BCUT2D eigenvalue weighted by Gasteiger charge is -2.18. The molecule has 1 heterocycles. The molecule has 0 aromatic heterocycles. The summed E-state index contributed by atoms with van der Waals surface area (Å²) in [5.74, 6) is 1.28. The van der Waals surface area contributed by atoms with E-state index in [1.54, 1.807) is 20.3 Å². The average molecular weight is 336 g/mol. The number of nitriles is 1. The predicted molar refractivity (Wildman–Crippen MR) is 97.7 cm³/mol. The Morgan fingerprint density at radius 1 is 1.20 bits per heavy atom. The Bertz CT molecular complexity index is 855. The number of likely N-dealkylation sites (N-methyl/N-ethyl adjacent to an activating group) is 1. The summed E-state index contributed by atoms with van der Waals surface area (Å²) in [6, 6.07) is 13.5. The molecular weight excluding hydrogens is 316 g/mol. The number of anilines is 1. The Kier molecular flexibility index (Phi) is 4.87. The molecule has 2 N–H and O–H groups in total. The third-order valence-corrected chi connectivity index (χ3v) is 4.15. The highest BCUT2D eigenvalue weighted by Gasteiger charge is 2.22. The van der Waals surface area contributed by atoms with E-state index < -0.39 is 0 Å². The van der Waals surface area contributed by atoms with Crippen LogP contribution in [0.3, 0.4) is 0 Å². The van der Waals surface area contributed by atoms with Gasteiger partial charge in [0.2, 0.25) is 0 Å². The first-order valence-corrected chi connectivity index (χ1v) is 7.95. The molecule has 0 radical (unpaired) electrons. The SMILES string of the molecule is CNC1CN=C(c2cccc(C#N)c2)c2cc(OC)c(OC)cc2N1. The van der Waals surface area contributed by atoms with Gasteiger partial charge in [0.05, 0.1) is 44.3 Å². The second kappa shape index (κ2) is 7.24.